The third-order valence-electron chi connectivity index (χ3n) is 3.03. The van der Waals surface area contributed by atoms with Gasteiger partial charge in [0.2, 0.25) is 0 Å². The topological polar surface area (TPSA) is 53.2 Å². The van der Waals surface area contributed by atoms with Crippen molar-refractivity contribution in [2.24, 2.45) is 0 Å². The highest BCUT2D eigenvalue weighted by Crippen LogP contribution is 2.13. The number of hydrogen-bond donors (Lipinski definition) is 1. The van der Waals surface area contributed by atoms with E-state index in [1.54, 1.807) is 0 Å². The number of nitrogens with zero attached hydrogens (tertiary/aromatic N) is 1. The Kier molecular flexibility index (Phi) is 8.50. The van der Waals surface area contributed by atoms with Crippen LogP contribution in [-0.4, -0.2) is 18.3 Å². The Labute approximate surface area is 115 Å². The quantitative estimate of drug-likeness (QED) is 0.656. The maximum absolute atomic E-state index is 8.65. The molecule has 0 aliphatic heterocycles. The van der Waals surface area contributed by atoms with Gasteiger partial charge in [-0.2, -0.15) is 5.26 Å². The summed E-state index contributed by atoms with van der Waals surface area (Å²) in [5.41, 5.74) is 1.03. The van der Waals surface area contributed by atoms with Crippen LogP contribution in [0.5, 0.6) is 5.75 Å². The van der Waals surface area contributed by atoms with Crippen LogP contribution in [0.25, 0.3) is 0 Å². The summed E-state index contributed by atoms with van der Waals surface area (Å²) in [6.07, 6.45) is 7.16. The van der Waals surface area contributed by atoms with Crippen molar-refractivity contribution in [3.05, 3.63) is 29.8 Å². The van der Waals surface area contributed by atoms with E-state index in [4.69, 9.17) is 15.1 Å². The van der Waals surface area contributed by atoms with Crippen LogP contribution in [0, 0.1) is 11.3 Å². The third-order valence-corrected chi connectivity index (χ3v) is 3.03. The molecular formula is C16H23NO2. The number of unbranched alkanes of at least 4 members (excludes halogenated alkanes) is 5. The SMILES string of the molecule is N#CCc1ccc(OCCCCCCCCO)cc1. The zero-order chi connectivity index (χ0) is 13.8. The lowest BCUT2D eigenvalue weighted by molar-refractivity contribution is 0.280. The number of ether oxygens (including phenoxy) is 1. The molecule has 104 valence electrons. The fourth-order valence-electron chi connectivity index (χ4n) is 1.91. The highest BCUT2D eigenvalue weighted by atomic mass is 16.5. The first-order valence-electron chi connectivity index (χ1n) is 7.06. The van der Waals surface area contributed by atoms with Crippen LogP contribution in [0.15, 0.2) is 24.3 Å². The van der Waals surface area contributed by atoms with Crippen LogP contribution >= 0.6 is 0 Å². The van der Waals surface area contributed by atoms with Crippen molar-refractivity contribution in [2.75, 3.05) is 13.2 Å². The van der Waals surface area contributed by atoms with E-state index < -0.39 is 0 Å². The van der Waals surface area contributed by atoms with Gasteiger partial charge in [0.1, 0.15) is 5.75 Å². The molecule has 0 spiro atoms. The standard InChI is InChI=1S/C16H23NO2/c17-12-11-15-7-9-16(10-8-15)19-14-6-4-2-1-3-5-13-18/h7-10,18H,1-6,11,13-14H2. The lowest BCUT2D eigenvalue weighted by Gasteiger charge is -2.06. The van der Waals surface area contributed by atoms with Gasteiger partial charge in [-0.3, -0.25) is 0 Å². The molecule has 1 rings (SSSR count). The fraction of sp³-hybridized carbons (Fsp3) is 0.562. The van der Waals surface area contributed by atoms with Gasteiger partial charge in [0.15, 0.2) is 0 Å². The van der Waals surface area contributed by atoms with E-state index in [1.807, 2.05) is 24.3 Å². The number of hydrogen-bond acceptors (Lipinski definition) is 3. The Morgan fingerprint density at radius 3 is 2.21 bits per heavy atom. The summed E-state index contributed by atoms with van der Waals surface area (Å²) in [5, 5.41) is 17.2. The van der Waals surface area contributed by atoms with Gasteiger partial charge in [0.25, 0.3) is 0 Å². The zero-order valence-corrected chi connectivity index (χ0v) is 11.5. The molecule has 1 aromatic carbocycles. The minimum atomic E-state index is 0.310. The maximum atomic E-state index is 8.65. The molecule has 0 heterocycles. The Balaban J connectivity index is 2.04. The van der Waals surface area contributed by atoms with Crippen LogP contribution < -0.4 is 4.74 Å². The second-order valence-corrected chi connectivity index (χ2v) is 4.67. The summed E-state index contributed by atoms with van der Waals surface area (Å²) < 4.78 is 5.64. The third kappa shape index (κ3) is 7.48. The van der Waals surface area contributed by atoms with Crippen LogP contribution in [0.4, 0.5) is 0 Å². The van der Waals surface area contributed by atoms with Gasteiger partial charge in [-0.1, -0.05) is 37.8 Å². The molecule has 0 atom stereocenters. The number of benzene rings is 1. The minimum Gasteiger partial charge on any atom is -0.494 e. The Hall–Kier alpha value is -1.53. The van der Waals surface area contributed by atoms with E-state index in [0.717, 1.165) is 37.2 Å². The van der Waals surface area contributed by atoms with Gasteiger partial charge < -0.3 is 9.84 Å². The van der Waals surface area contributed by atoms with E-state index in [9.17, 15) is 0 Å². The molecule has 1 aromatic rings. The summed E-state index contributed by atoms with van der Waals surface area (Å²) in [6, 6.07) is 9.85. The highest BCUT2D eigenvalue weighted by molar-refractivity contribution is 5.28. The van der Waals surface area contributed by atoms with E-state index in [2.05, 4.69) is 6.07 Å². The first-order chi connectivity index (χ1) is 9.36. The fourth-order valence-corrected chi connectivity index (χ4v) is 1.91. The first kappa shape index (κ1) is 15.5. The van der Waals surface area contributed by atoms with Crippen LogP contribution in [0.1, 0.15) is 44.1 Å². The predicted molar refractivity (Wildman–Crippen MR) is 76.0 cm³/mol. The molecule has 0 aliphatic rings. The summed E-state index contributed by atoms with van der Waals surface area (Å²) >= 11 is 0. The Bertz CT molecular complexity index is 367. The molecule has 0 saturated heterocycles. The lowest BCUT2D eigenvalue weighted by Crippen LogP contribution is -1.97. The van der Waals surface area contributed by atoms with Gasteiger partial charge in [0, 0.05) is 6.61 Å². The average molecular weight is 261 g/mol. The van der Waals surface area contributed by atoms with E-state index in [1.165, 1.54) is 19.3 Å². The molecule has 0 fully saturated rings. The highest BCUT2D eigenvalue weighted by Gasteiger charge is 1.96. The molecule has 0 amide bonds. The van der Waals surface area contributed by atoms with E-state index >= 15 is 0 Å². The molecule has 19 heavy (non-hydrogen) atoms. The van der Waals surface area contributed by atoms with Crippen molar-refractivity contribution in [1.82, 2.24) is 0 Å². The van der Waals surface area contributed by atoms with Crippen LogP contribution in [0.3, 0.4) is 0 Å². The number of aliphatic hydroxyl groups excluding tert-OH is 1. The average Bonchev–Trinajstić information content (AvgIpc) is 2.44. The predicted octanol–water partition coefficient (Wildman–Crippen LogP) is 3.46. The monoisotopic (exact) mass is 261 g/mol. The number of aliphatic hydroxyl groups is 1. The summed E-state index contributed by atoms with van der Waals surface area (Å²) in [4.78, 5) is 0. The van der Waals surface area contributed by atoms with Crippen molar-refractivity contribution in [3.63, 3.8) is 0 Å². The number of nitriles is 1. The molecular weight excluding hydrogens is 238 g/mol. The smallest absolute Gasteiger partial charge is 0.119 e. The van der Waals surface area contributed by atoms with E-state index in [0.29, 0.717) is 13.0 Å². The molecule has 3 nitrogen and oxygen atoms in total. The van der Waals surface area contributed by atoms with Crippen LogP contribution in [-0.2, 0) is 6.42 Å². The Morgan fingerprint density at radius 1 is 0.947 bits per heavy atom. The molecule has 0 aliphatic carbocycles. The molecule has 0 radical (unpaired) electrons. The minimum absolute atomic E-state index is 0.310. The Morgan fingerprint density at radius 2 is 1.58 bits per heavy atom. The van der Waals surface area contributed by atoms with Crippen molar-refractivity contribution < 1.29 is 9.84 Å². The first-order valence-corrected chi connectivity index (χ1v) is 7.06. The maximum Gasteiger partial charge on any atom is 0.119 e. The zero-order valence-electron chi connectivity index (χ0n) is 11.5. The van der Waals surface area contributed by atoms with Crippen molar-refractivity contribution in [3.8, 4) is 11.8 Å². The molecule has 0 unspecified atom stereocenters. The van der Waals surface area contributed by atoms with Crippen LogP contribution in [0.2, 0.25) is 0 Å². The number of rotatable bonds is 10. The largest absolute Gasteiger partial charge is 0.494 e. The summed E-state index contributed by atoms with van der Waals surface area (Å²) in [5.74, 6) is 0.877. The molecule has 0 bridgehead atoms. The van der Waals surface area contributed by atoms with Gasteiger partial charge >= 0.3 is 0 Å². The lowest BCUT2D eigenvalue weighted by atomic mass is 10.1. The van der Waals surface area contributed by atoms with Gasteiger partial charge in [-0.25, -0.2) is 0 Å². The second kappa shape index (κ2) is 10.4. The summed E-state index contributed by atoms with van der Waals surface area (Å²) in [6.45, 7) is 1.06. The second-order valence-electron chi connectivity index (χ2n) is 4.67. The summed E-state index contributed by atoms with van der Waals surface area (Å²) in [7, 11) is 0. The molecule has 0 aromatic heterocycles. The van der Waals surface area contributed by atoms with Gasteiger partial charge in [0.05, 0.1) is 19.1 Å². The normalized spacial score (nSPS) is 10.1. The van der Waals surface area contributed by atoms with Crippen molar-refractivity contribution >= 4 is 0 Å². The van der Waals surface area contributed by atoms with Crippen molar-refractivity contribution in [1.29, 1.82) is 5.26 Å². The molecule has 1 N–H and O–H groups in total. The molecule has 3 heteroatoms. The van der Waals surface area contributed by atoms with E-state index in [-0.39, 0.29) is 0 Å². The van der Waals surface area contributed by atoms with Gasteiger partial charge in [-0.15, -0.1) is 0 Å². The molecule has 0 saturated carbocycles. The van der Waals surface area contributed by atoms with Crippen molar-refractivity contribution in [2.45, 2.75) is 44.9 Å². The van der Waals surface area contributed by atoms with Gasteiger partial charge in [-0.05, 0) is 30.5 Å².